The van der Waals surface area contributed by atoms with Crippen LogP contribution < -0.4 is 0 Å². The van der Waals surface area contributed by atoms with E-state index in [0.717, 1.165) is 6.92 Å². The van der Waals surface area contributed by atoms with E-state index in [1.165, 1.54) is 18.2 Å². The quantitative estimate of drug-likeness (QED) is 0.723. The summed E-state index contributed by atoms with van der Waals surface area (Å²) in [6.45, 7) is 4.34. The molecular formula is C15H17F7O. The maximum Gasteiger partial charge on any atom is 0.459 e. The fourth-order valence-corrected chi connectivity index (χ4v) is 2.09. The highest BCUT2D eigenvalue weighted by molar-refractivity contribution is 5.30. The van der Waals surface area contributed by atoms with E-state index in [9.17, 15) is 35.8 Å². The summed E-state index contributed by atoms with van der Waals surface area (Å²) in [5.74, 6) is -11.7. The number of hydrogen-bond donors (Lipinski definition) is 1. The number of halogens is 7. The molecule has 0 heterocycles. The van der Waals surface area contributed by atoms with Gasteiger partial charge in [-0.1, -0.05) is 38.1 Å². The molecule has 0 aromatic heterocycles. The maximum absolute atomic E-state index is 13.5. The zero-order valence-corrected chi connectivity index (χ0v) is 12.7. The summed E-state index contributed by atoms with van der Waals surface area (Å²) >= 11 is 0. The van der Waals surface area contributed by atoms with Gasteiger partial charge in [0.05, 0.1) is 12.0 Å². The molecule has 8 heteroatoms. The van der Waals surface area contributed by atoms with Crippen molar-refractivity contribution in [1.82, 2.24) is 0 Å². The summed E-state index contributed by atoms with van der Waals surface area (Å²) < 4.78 is 89.5. The SMILES string of the molecule is CC(C)c1cccc(C(C)(O)CC(F)(F)C(F)(F)C(F)(F)F)c1. The number of rotatable bonds is 5. The molecule has 0 spiro atoms. The predicted octanol–water partition coefficient (Wildman–Crippen LogP) is 5.24. The minimum Gasteiger partial charge on any atom is -0.385 e. The Hall–Kier alpha value is -1.31. The normalized spacial score (nSPS) is 16.5. The highest BCUT2D eigenvalue weighted by atomic mass is 19.4. The lowest BCUT2D eigenvalue weighted by Gasteiger charge is -2.34. The maximum atomic E-state index is 13.5. The standard InChI is InChI=1S/C15H17F7O/c1-9(2)10-5-4-6-11(7-10)12(3,23)8-13(16,17)14(18,19)15(20,21)22/h4-7,9,23H,8H2,1-3H3. The van der Waals surface area contributed by atoms with Crippen LogP contribution in [-0.2, 0) is 5.60 Å². The Labute approximate surface area is 129 Å². The van der Waals surface area contributed by atoms with Gasteiger partial charge in [0.2, 0.25) is 0 Å². The molecule has 0 saturated heterocycles. The van der Waals surface area contributed by atoms with Crippen molar-refractivity contribution in [3.63, 3.8) is 0 Å². The Morgan fingerprint density at radius 2 is 1.52 bits per heavy atom. The van der Waals surface area contributed by atoms with Crippen molar-refractivity contribution in [1.29, 1.82) is 0 Å². The Balaban J connectivity index is 3.17. The van der Waals surface area contributed by atoms with Crippen LogP contribution in [0.15, 0.2) is 24.3 Å². The smallest absolute Gasteiger partial charge is 0.385 e. The first-order valence-corrected chi connectivity index (χ1v) is 6.77. The van der Waals surface area contributed by atoms with Crippen LogP contribution in [0.3, 0.4) is 0 Å². The zero-order valence-electron chi connectivity index (χ0n) is 12.7. The van der Waals surface area contributed by atoms with Crippen LogP contribution in [0.5, 0.6) is 0 Å². The van der Waals surface area contributed by atoms with Crippen molar-refractivity contribution < 1.29 is 35.8 Å². The molecule has 0 fully saturated rings. The van der Waals surface area contributed by atoms with Gasteiger partial charge in [-0.05, 0) is 24.0 Å². The largest absolute Gasteiger partial charge is 0.459 e. The molecule has 1 atom stereocenters. The summed E-state index contributed by atoms with van der Waals surface area (Å²) in [5.41, 5.74) is -2.07. The third-order valence-corrected chi connectivity index (χ3v) is 3.56. The van der Waals surface area contributed by atoms with E-state index in [1.54, 1.807) is 19.9 Å². The van der Waals surface area contributed by atoms with E-state index in [4.69, 9.17) is 0 Å². The Bertz CT molecular complexity index is 547. The topological polar surface area (TPSA) is 20.2 Å². The van der Waals surface area contributed by atoms with Gasteiger partial charge >= 0.3 is 18.0 Å². The highest BCUT2D eigenvalue weighted by Crippen LogP contribution is 2.50. The second kappa shape index (κ2) is 5.96. The lowest BCUT2D eigenvalue weighted by molar-refractivity contribution is -0.361. The summed E-state index contributed by atoms with van der Waals surface area (Å²) in [6.07, 6.45) is -8.47. The summed E-state index contributed by atoms with van der Waals surface area (Å²) in [4.78, 5) is 0. The Morgan fingerprint density at radius 1 is 1.00 bits per heavy atom. The van der Waals surface area contributed by atoms with Gasteiger partial charge in [-0.15, -0.1) is 0 Å². The molecule has 0 aliphatic heterocycles. The molecule has 0 aliphatic rings. The molecule has 132 valence electrons. The lowest BCUT2D eigenvalue weighted by atomic mass is 9.85. The van der Waals surface area contributed by atoms with Gasteiger partial charge in [0.1, 0.15) is 0 Å². The highest BCUT2D eigenvalue weighted by Gasteiger charge is 2.73. The van der Waals surface area contributed by atoms with Gasteiger partial charge in [-0.25, -0.2) is 0 Å². The molecule has 1 N–H and O–H groups in total. The first-order valence-electron chi connectivity index (χ1n) is 6.77. The summed E-state index contributed by atoms with van der Waals surface area (Å²) in [7, 11) is 0. The molecule has 0 saturated carbocycles. The summed E-state index contributed by atoms with van der Waals surface area (Å²) in [5, 5.41) is 10.1. The van der Waals surface area contributed by atoms with E-state index >= 15 is 0 Å². The molecule has 1 unspecified atom stereocenters. The van der Waals surface area contributed by atoms with Crippen LogP contribution >= 0.6 is 0 Å². The van der Waals surface area contributed by atoms with Crippen LogP contribution in [-0.4, -0.2) is 23.1 Å². The number of benzene rings is 1. The van der Waals surface area contributed by atoms with Crippen molar-refractivity contribution in [3.8, 4) is 0 Å². The van der Waals surface area contributed by atoms with E-state index in [0.29, 0.717) is 5.56 Å². The molecule has 23 heavy (non-hydrogen) atoms. The fraction of sp³-hybridized carbons (Fsp3) is 0.600. The minimum absolute atomic E-state index is 0.0390. The van der Waals surface area contributed by atoms with Gasteiger partial charge in [-0.2, -0.15) is 30.7 Å². The van der Waals surface area contributed by atoms with Crippen LogP contribution in [0.25, 0.3) is 0 Å². The van der Waals surface area contributed by atoms with E-state index in [2.05, 4.69) is 0 Å². The van der Waals surface area contributed by atoms with Gasteiger partial charge in [0, 0.05) is 0 Å². The van der Waals surface area contributed by atoms with Gasteiger partial charge in [0.25, 0.3) is 0 Å². The molecule has 0 aliphatic carbocycles. The van der Waals surface area contributed by atoms with Crippen LogP contribution in [0, 0.1) is 0 Å². The molecule has 0 bridgehead atoms. The number of aliphatic hydroxyl groups is 1. The predicted molar refractivity (Wildman–Crippen MR) is 70.7 cm³/mol. The Morgan fingerprint density at radius 3 is 1.96 bits per heavy atom. The van der Waals surface area contributed by atoms with E-state index in [1.807, 2.05) is 0 Å². The van der Waals surface area contributed by atoms with Crippen molar-refractivity contribution >= 4 is 0 Å². The van der Waals surface area contributed by atoms with Gasteiger partial charge in [-0.3, -0.25) is 0 Å². The Kier molecular flexibility index (Phi) is 5.11. The molecule has 1 aromatic rings. The monoisotopic (exact) mass is 346 g/mol. The van der Waals surface area contributed by atoms with Crippen molar-refractivity contribution in [2.24, 2.45) is 0 Å². The van der Waals surface area contributed by atoms with Gasteiger partial charge in [0.15, 0.2) is 0 Å². The fourth-order valence-electron chi connectivity index (χ4n) is 2.09. The lowest BCUT2D eigenvalue weighted by Crippen LogP contribution is -2.54. The second-order valence-electron chi connectivity index (χ2n) is 6.01. The van der Waals surface area contributed by atoms with Crippen LogP contribution in [0.4, 0.5) is 30.7 Å². The number of hydrogen-bond acceptors (Lipinski definition) is 1. The van der Waals surface area contributed by atoms with Crippen molar-refractivity contribution in [2.75, 3.05) is 0 Å². The molecular weight excluding hydrogens is 329 g/mol. The first kappa shape index (κ1) is 19.7. The second-order valence-corrected chi connectivity index (χ2v) is 6.01. The average Bonchev–Trinajstić information content (AvgIpc) is 2.36. The minimum atomic E-state index is -6.41. The third-order valence-electron chi connectivity index (χ3n) is 3.56. The van der Waals surface area contributed by atoms with E-state index < -0.39 is 30.0 Å². The average molecular weight is 346 g/mol. The molecule has 1 aromatic carbocycles. The summed E-state index contributed by atoms with van der Waals surface area (Å²) in [6, 6.07) is 5.56. The zero-order chi connectivity index (χ0) is 18.3. The molecule has 0 amide bonds. The molecule has 1 rings (SSSR count). The van der Waals surface area contributed by atoms with Crippen LogP contribution in [0.1, 0.15) is 44.2 Å². The van der Waals surface area contributed by atoms with Crippen molar-refractivity contribution in [2.45, 2.75) is 56.7 Å². The first-order chi connectivity index (χ1) is 10.1. The van der Waals surface area contributed by atoms with Crippen molar-refractivity contribution in [3.05, 3.63) is 35.4 Å². The van der Waals surface area contributed by atoms with E-state index in [-0.39, 0.29) is 11.5 Å². The molecule has 0 radical (unpaired) electrons. The van der Waals surface area contributed by atoms with Gasteiger partial charge < -0.3 is 5.11 Å². The number of alkyl halides is 7. The van der Waals surface area contributed by atoms with Crippen LogP contribution in [0.2, 0.25) is 0 Å². The molecule has 1 nitrogen and oxygen atoms in total. The third kappa shape index (κ3) is 3.97.